The Morgan fingerprint density at radius 1 is 1.50 bits per heavy atom. The summed E-state index contributed by atoms with van der Waals surface area (Å²) in [4.78, 5) is 19.7. The number of likely N-dealkylation sites (tertiary alicyclic amines) is 1. The number of aryl methyl sites for hydroxylation is 2. The number of piperidine rings is 1. The van der Waals surface area contributed by atoms with Gasteiger partial charge < -0.3 is 10.6 Å². The monoisotopic (exact) mass is 267 g/mol. The summed E-state index contributed by atoms with van der Waals surface area (Å²) in [5.74, 6) is 0.111. The molecule has 1 aliphatic rings. The molecule has 18 heavy (non-hydrogen) atoms. The first-order valence-electron chi connectivity index (χ1n) is 6.51. The van der Waals surface area contributed by atoms with Crippen LogP contribution < -0.4 is 5.73 Å². The maximum atomic E-state index is 12.6. The standard InChI is InChI=1S/C13H21N3OS/c1-8(14)11-6-4-5-7-16(11)13(17)12-9(2)15-10(3)18-12/h8,11H,4-7,14H2,1-3H3. The first-order valence-corrected chi connectivity index (χ1v) is 7.33. The van der Waals surface area contributed by atoms with E-state index < -0.39 is 0 Å². The van der Waals surface area contributed by atoms with E-state index in [2.05, 4.69) is 4.98 Å². The fourth-order valence-electron chi connectivity index (χ4n) is 2.62. The van der Waals surface area contributed by atoms with Crippen LogP contribution in [-0.4, -0.2) is 34.4 Å². The molecule has 2 atom stereocenters. The topological polar surface area (TPSA) is 59.2 Å². The van der Waals surface area contributed by atoms with E-state index in [1.165, 1.54) is 11.3 Å². The Labute approximate surface area is 112 Å². The number of aromatic nitrogens is 1. The molecule has 5 heteroatoms. The fraction of sp³-hybridized carbons (Fsp3) is 0.692. The van der Waals surface area contributed by atoms with Crippen molar-refractivity contribution in [3.05, 3.63) is 15.6 Å². The van der Waals surface area contributed by atoms with Gasteiger partial charge in [0.1, 0.15) is 4.88 Å². The highest BCUT2D eigenvalue weighted by atomic mass is 32.1. The van der Waals surface area contributed by atoms with Gasteiger partial charge in [-0.15, -0.1) is 11.3 Å². The number of carbonyl (C=O) groups is 1. The van der Waals surface area contributed by atoms with Gasteiger partial charge in [-0.3, -0.25) is 4.79 Å². The number of nitrogens with zero attached hydrogens (tertiary/aromatic N) is 2. The van der Waals surface area contributed by atoms with Crippen molar-refractivity contribution in [2.75, 3.05) is 6.54 Å². The van der Waals surface area contributed by atoms with E-state index in [1.807, 2.05) is 25.7 Å². The molecule has 2 unspecified atom stereocenters. The van der Waals surface area contributed by atoms with Crippen molar-refractivity contribution in [1.82, 2.24) is 9.88 Å². The summed E-state index contributed by atoms with van der Waals surface area (Å²) in [7, 11) is 0. The normalized spacial score (nSPS) is 22.0. The maximum absolute atomic E-state index is 12.6. The minimum Gasteiger partial charge on any atom is -0.333 e. The molecule has 1 fully saturated rings. The molecule has 1 amide bonds. The molecule has 1 saturated heterocycles. The van der Waals surface area contributed by atoms with Gasteiger partial charge in [0.05, 0.1) is 10.7 Å². The van der Waals surface area contributed by atoms with Crippen LogP contribution in [0.1, 0.15) is 46.6 Å². The summed E-state index contributed by atoms with van der Waals surface area (Å²) < 4.78 is 0. The molecule has 100 valence electrons. The van der Waals surface area contributed by atoms with Crippen molar-refractivity contribution in [2.45, 2.75) is 52.1 Å². The number of thiazole rings is 1. The largest absolute Gasteiger partial charge is 0.333 e. The van der Waals surface area contributed by atoms with E-state index in [0.717, 1.165) is 41.4 Å². The number of carbonyl (C=O) groups excluding carboxylic acids is 1. The summed E-state index contributed by atoms with van der Waals surface area (Å²) in [5.41, 5.74) is 6.85. The Kier molecular flexibility index (Phi) is 4.02. The summed E-state index contributed by atoms with van der Waals surface area (Å²) in [6.45, 7) is 6.65. The summed E-state index contributed by atoms with van der Waals surface area (Å²) in [5, 5.41) is 0.949. The summed E-state index contributed by atoms with van der Waals surface area (Å²) >= 11 is 1.49. The van der Waals surface area contributed by atoms with Crippen molar-refractivity contribution in [1.29, 1.82) is 0 Å². The second kappa shape index (κ2) is 5.36. The Hall–Kier alpha value is -0.940. The molecule has 2 heterocycles. The molecule has 1 aliphatic heterocycles. The first-order chi connectivity index (χ1) is 8.50. The molecule has 2 rings (SSSR count). The van der Waals surface area contributed by atoms with Gasteiger partial charge in [0.25, 0.3) is 5.91 Å². The lowest BCUT2D eigenvalue weighted by atomic mass is 9.96. The lowest BCUT2D eigenvalue weighted by molar-refractivity contribution is 0.0588. The predicted molar refractivity (Wildman–Crippen MR) is 73.9 cm³/mol. The molecule has 0 aromatic carbocycles. The Balaban J connectivity index is 2.23. The van der Waals surface area contributed by atoms with Gasteiger partial charge >= 0.3 is 0 Å². The number of nitrogens with two attached hydrogens (primary N) is 1. The zero-order valence-electron chi connectivity index (χ0n) is 11.3. The predicted octanol–water partition coefficient (Wildman–Crippen LogP) is 2.10. The van der Waals surface area contributed by atoms with Crippen molar-refractivity contribution in [2.24, 2.45) is 5.73 Å². The van der Waals surface area contributed by atoms with E-state index >= 15 is 0 Å². The van der Waals surface area contributed by atoms with Crippen molar-refractivity contribution in [3.63, 3.8) is 0 Å². The third-order valence-corrected chi connectivity index (χ3v) is 4.58. The number of rotatable bonds is 2. The van der Waals surface area contributed by atoms with Gasteiger partial charge in [0.2, 0.25) is 0 Å². The van der Waals surface area contributed by atoms with Crippen molar-refractivity contribution in [3.8, 4) is 0 Å². The average molecular weight is 267 g/mol. The number of hydrogen-bond donors (Lipinski definition) is 1. The van der Waals surface area contributed by atoms with E-state index in [0.29, 0.717) is 0 Å². The molecule has 2 N–H and O–H groups in total. The molecule has 0 saturated carbocycles. The van der Waals surface area contributed by atoms with Gasteiger partial charge in [-0.25, -0.2) is 4.98 Å². The van der Waals surface area contributed by atoms with Gasteiger partial charge in [-0.2, -0.15) is 0 Å². The minimum absolute atomic E-state index is 0.0311. The summed E-state index contributed by atoms with van der Waals surface area (Å²) in [6, 6.07) is 0.205. The molecule has 4 nitrogen and oxygen atoms in total. The molecule has 0 bridgehead atoms. The van der Waals surface area contributed by atoms with Crippen LogP contribution in [0, 0.1) is 13.8 Å². The van der Waals surface area contributed by atoms with Crippen LogP contribution in [0.2, 0.25) is 0 Å². The molecule has 1 aromatic heterocycles. The Bertz CT molecular complexity index is 441. The summed E-state index contributed by atoms with van der Waals surface area (Å²) in [6.07, 6.45) is 3.25. The molecule has 1 aromatic rings. The van der Waals surface area contributed by atoms with Gasteiger partial charge in [0, 0.05) is 18.6 Å². The zero-order valence-corrected chi connectivity index (χ0v) is 12.1. The van der Waals surface area contributed by atoms with Crippen molar-refractivity contribution >= 4 is 17.2 Å². The lowest BCUT2D eigenvalue weighted by Gasteiger charge is -2.37. The first kappa shape index (κ1) is 13.5. The second-order valence-corrected chi connectivity index (χ2v) is 6.27. The second-order valence-electron chi connectivity index (χ2n) is 5.07. The van der Waals surface area contributed by atoms with Crippen LogP contribution in [0.3, 0.4) is 0 Å². The van der Waals surface area contributed by atoms with E-state index in [-0.39, 0.29) is 18.0 Å². The number of hydrogen-bond acceptors (Lipinski definition) is 4. The third-order valence-electron chi connectivity index (χ3n) is 3.51. The Morgan fingerprint density at radius 2 is 2.22 bits per heavy atom. The van der Waals surface area contributed by atoms with Crippen LogP contribution in [0.25, 0.3) is 0 Å². The highest BCUT2D eigenvalue weighted by Gasteiger charge is 2.31. The quantitative estimate of drug-likeness (QED) is 0.892. The third kappa shape index (κ3) is 2.57. The maximum Gasteiger partial charge on any atom is 0.266 e. The van der Waals surface area contributed by atoms with Gasteiger partial charge in [-0.1, -0.05) is 0 Å². The number of amides is 1. The van der Waals surface area contributed by atoms with Crippen LogP contribution >= 0.6 is 11.3 Å². The molecule has 0 spiro atoms. The highest BCUT2D eigenvalue weighted by Crippen LogP contribution is 2.25. The van der Waals surface area contributed by atoms with E-state index in [4.69, 9.17) is 5.73 Å². The van der Waals surface area contributed by atoms with Crippen LogP contribution in [0.5, 0.6) is 0 Å². The molecule has 0 radical (unpaired) electrons. The average Bonchev–Trinajstić information content (AvgIpc) is 2.67. The molecule has 0 aliphatic carbocycles. The smallest absolute Gasteiger partial charge is 0.266 e. The zero-order chi connectivity index (χ0) is 13.3. The molecular weight excluding hydrogens is 246 g/mol. The van der Waals surface area contributed by atoms with E-state index in [1.54, 1.807) is 0 Å². The minimum atomic E-state index is 0.0311. The SMILES string of the molecule is Cc1nc(C)c(C(=O)N2CCCCC2C(C)N)s1. The molecular formula is C13H21N3OS. The van der Waals surface area contributed by atoms with Gasteiger partial charge in [-0.05, 0) is 40.0 Å². The van der Waals surface area contributed by atoms with Crippen molar-refractivity contribution < 1.29 is 4.79 Å². The Morgan fingerprint density at radius 3 is 2.78 bits per heavy atom. The fourth-order valence-corrected chi connectivity index (χ4v) is 3.49. The van der Waals surface area contributed by atoms with Gasteiger partial charge in [0.15, 0.2) is 0 Å². The lowest BCUT2D eigenvalue weighted by Crippen LogP contribution is -2.51. The van der Waals surface area contributed by atoms with Crippen LogP contribution in [0.4, 0.5) is 0 Å². The highest BCUT2D eigenvalue weighted by molar-refractivity contribution is 7.13. The van der Waals surface area contributed by atoms with Crippen LogP contribution in [-0.2, 0) is 0 Å². The van der Waals surface area contributed by atoms with Crippen LogP contribution in [0.15, 0.2) is 0 Å². The van der Waals surface area contributed by atoms with E-state index in [9.17, 15) is 4.79 Å².